The van der Waals surface area contributed by atoms with Gasteiger partial charge in [-0.3, -0.25) is 4.90 Å². The van der Waals surface area contributed by atoms with Crippen LogP contribution in [0, 0.1) is 5.41 Å². The molecular formula is C17H27NO. The van der Waals surface area contributed by atoms with Crippen LogP contribution in [0.3, 0.4) is 0 Å². The van der Waals surface area contributed by atoms with E-state index in [0.717, 1.165) is 25.1 Å². The summed E-state index contributed by atoms with van der Waals surface area (Å²) in [5, 5.41) is 10.1. The molecule has 0 aliphatic carbocycles. The summed E-state index contributed by atoms with van der Waals surface area (Å²) < 4.78 is 0. The lowest BCUT2D eigenvalue weighted by atomic mass is 9.77. The molecule has 1 N–H and O–H groups in total. The molecule has 1 unspecified atom stereocenters. The number of phenols is 1. The normalized spacial score (nSPS) is 21.2. The van der Waals surface area contributed by atoms with E-state index in [1.807, 2.05) is 12.1 Å². The van der Waals surface area contributed by atoms with Gasteiger partial charge in [-0.25, -0.2) is 0 Å². The van der Waals surface area contributed by atoms with Gasteiger partial charge < -0.3 is 5.11 Å². The summed E-state index contributed by atoms with van der Waals surface area (Å²) in [5.74, 6) is 0.443. The lowest BCUT2D eigenvalue weighted by Crippen LogP contribution is -2.40. The van der Waals surface area contributed by atoms with Crippen molar-refractivity contribution in [2.75, 3.05) is 13.1 Å². The number of hydrogen-bond acceptors (Lipinski definition) is 2. The number of piperidine rings is 1. The molecule has 2 heteroatoms. The molecule has 1 aliphatic heterocycles. The number of nitrogens with zero attached hydrogens (tertiary/aromatic N) is 1. The van der Waals surface area contributed by atoms with Gasteiger partial charge in [0, 0.05) is 11.6 Å². The van der Waals surface area contributed by atoms with Crippen LogP contribution in [-0.4, -0.2) is 23.1 Å². The third-order valence-corrected chi connectivity index (χ3v) is 4.98. The zero-order valence-electron chi connectivity index (χ0n) is 12.5. The first-order valence-electron chi connectivity index (χ1n) is 7.61. The van der Waals surface area contributed by atoms with Crippen LogP contribution in [0.1, 0.15) is 58.1 Å². The van der Waals surface area contributed by atoms with Crippen molar-refractivity contribution in [3.05, 3.63) is 29.8 Å². The van der Waals surface area contributed by atoms with Crippen molar-refractivity contribution in [2.45, 2.75) is 52.5 Å². The van der Waals surface area contributed by atoms with Crippen molar-refractivity contribution in [1.29, 1.82) is 0 Å². The van der Waals surface area contributed by atoms with E-state index in [1.165, 1.54) is 19.3 Å². The van der Waals surface area contributed by atoms with Gasteiger partial charge in [-0.2, -0.15) is 0 Å². The standard InChI is InChI=1S/C17H27NO/c1-4-15(14-8-6-7-9-16(14)19)18-12-10-17(3,5-2)11-13-18/h6-9,15,19H,4-5,10-13H2,1-3H3. The fourth-order valence-corrected chi connectivity index (χ4v) is 3.17. The lowest BCUT2D eigenvalue weighted by Gasteiger charge is -2.42. The Kier molecular flexibility index (Phi) is 4.51. The smallest absolute Gasteiger partial charge is 0.120 e. The Morgan fingerprint density at radius 1 is 1.21 bits per heavy atom. The minimum absolute atomic E-state index is 0.364. The predicted molar refractivity (Wildman–Crippen MR) is 80.3 cm³/mol. The van der Waals surface area contributed by atoms with Gasteiger partial charge in [-0.1, -0.05) is 45.4 Å². The van der Waals surface area contributed by atoms with Gasteiger partial charge in [0.2, 0.25) is 0 Å². The molecule has 2 rings (SSSR count). The van der Waals surface area contributed by atoms with Crippen LogP contribution in [0.25, 0.3) is 0 Å². The zero-order chi connectivity index (χ0) is 13.9. The number of para-hydroxylation sites is 1. The Morgan fingerprint density at radius 2 is 1.84 bits per heavy atom. The summed E-state index contributed by atoms with van der Waals surface area (Å²) >= 11 is 0. The second-order valence-corrected chi connectivity index (χ2v) is 6.18. The van der Waals surface area contributed by atoms with Crippen molar-refractivity contribution < 1.29 is 5.11 Å². The maximum absolute atomic E-state index is 10.1. The van der Waals surface area contributed by atoms with Crippen LogP contribution in [0.2, 0.25) is 0 Å². The van der Waals surface area contributed by atoms with E-state index in [9.17, 15) is 5.11 Å². The molecule has 1 aromatic rings. The third kappa shape index (κ3) is 3.11. The minimum Gasteiger partial charge on any atom is -0.508 e. The Bertz CT molecular complexity index is 407. The number of hydrogen-bond donors (Lipinski definition) is 1. The van der Waals surface area contributed by atoms with E-state index in [0.29, 0.717) is 17.2 Å². The van der Waals surface area contributed by atoms with Crippen molar-refractivity contribution in [2.24, 2.45) is 5.41 Å². The molecule has 0 saturated carbocycles. The van der Waals surface area contributed by atoms with Gasteiger partial charge in [0.15, 0.2) is 0 Å². The average molecular weight is 261 g/mol. The topological polar surface area (TPSA) is 23.5 Å². The first kappa shape index (κ1) is 14.4. The largest absolute Gasteiger partial charge is 0.508 e. The minimum atomic E-state index is 0.364. The van der Waals surface area contributed by atoms with E-state index in [-0.39, 0.29) is 0 Å². The molecule has 2 nitrogen and oxygen atoms in total. The predicted octanol–water partition coefficient (Wildman–Crippen LogP) is 4.36. The summed E-state index contributed by atoms with van der Waals surface area (Å²) in [4.78, 5) is 2.55. The zero-order valence-corrected chi connectivity index (χ0v) is 12.5. The second kappa shape index (κ2) is 5.96. The lowest BCUT2D eigenvalue weighted by molar-refractivity contribution is 0.0776. The monoisotopic (exact) mass is 261 g/mol. The third-order valence-electron chi connectivity index (χ3n) is 4.98. The number of aromatic hydroxyl groups is 1. The molecule has 106 valence electrons. The van der Waals surface area contributed by atoms with Crippen LogP contribution >= 0.6 is 0 Å². The van der Waals surface area contributed by atoms with Gasteiger partial charge in [0.1, 0.15) is 5.75 Å². The highest BCUT2D eigenvalue weighted by molar-refractivity contribution is 5.34. The quantitative estimate of drug-likeness (QED) is 0.870. The molecule has 0 amide bonds. The second-order valence-electron chi connectivity index (χ2n) is 6.18. The van der Waals surface area contributed by atoms with E-state index in [4.69, 9.17) is 0 Å². The number of likely N-dealkylation sites (tertiary alicyclic amines) is 1. The maximum atomic E-state index is 10.1. The van der Waals surface area contributed by atoms with Gasteiger partial charge in [-0.05, 0) is 43.8 Å². The summed E-state index contributed by atoms with van der Waals surface area (Å²) in [6, 6.07) is 8.16. The SMILES string of the molecule is CCC(c1ccccc1O)N1CCC(C)(CC)CC1. The van der Waals surface area contributed by atoms with Crippen LogP contribution in [0.5, 0.6) is 5.75 Å². The first-order chi connectivity index (χ1) is 9.09. The van der Waals surface area contributed by atoms with Crippen molar-refractivity contribution >= 4 is 0 Å². The van der Waals surface area contributed by atoms with Crippen molar-refractivity contribution in [1.82, 2.24) is 4.90 Å². The highest BCUT2D eigenvalue weighted by Crippen LogP contribution is 2.39. The summed E-state index contributed by atoms with van der Waals surface area (Å²) in [6.45, 7) is 9.22. The molecule has 1 heterocycles. The van der Waals surface area contributed by atoms with Gasteiger partial charge in [0.05, 0.1) is 0 Å². The molecule has 0 radical (unpaired) electrons. The molecule has 0 spiro atoms. The molecule has 1 aliphatic rings. The van der Waals surface area contributed by atoms with Crippen LogP contribution in [0.15, 0.2) is 24.3 Å². The molecule has 0 bridgehead atoms. The summed E-state index contributed by atoms with van der Waals surface area (Å²) in [7, 11) is 0. The van der Waals surface area contributed by atoms with E-state index < -0.39 is 0 Å². The summed E-state index contributed by atoms with van der Waals surface area (Å²) in [6.07, 6.45) is 4.87. The molecule has 19 heavy (non-hydrogen) atoms. The first-order valence-corrected chi connectivity index (χ1v) is 7.61. The molecule has 1 fully saturated rings. The van der Waals surface area contributed by atoms with Gasteiger partial charge >= 0.3 is 0 Å². The highest BCUT2D eigenvalue weighted by Gasteiger charge is 2.31. The van der Waals surface area contributed by atoms with Crippen LogP contribution in [0.4, 0.5) is 0 Å². The molecule has 1 atom stereocenters. The molecule has 1 saturated heterocycles. The van der Waals surface area contributed by atoms with E-state index >= 15 is 0 Å². The number of phenolic OH excluding ortho intramolecular Hbond substituents is 1. The highest BCUT2D eigenvalue weighted by atomic mass is 16.3. The van der Waals surface area contributed by atoms with Crippen molar-refractivity contribution in [3.63, 3.8) is 0 Å². The maximum Gasteiger partial charge on any atom is 0.120 e. The Balaban J connectivity index is 2.10. The van der Waals surface area contributed by atoms with Gasteiger partial charge in [-0.15, -0.1) is 0 Å². The van der Waals surface area contributed by atoms with Gasteiger partial charge in [0.25, 0.3) is 0 Å². The Morgan fingerprint density at radius 3 is 2.37 bits per heavy atom. The van der Waals surface area contributed by atoms with E-state index in [2.05, 4.69) is 31.7 Å². The van der Waals surface area contributed by atoms with Crippen molar-refractivity contribution in [3.8, 4) is 5.75 Å². The molecule has 1 aromatic carbocycles. The summed E-state index contributed by atoms with van der Waals surface area (Å²) in [5.41, 5.74) is 1.61. The van der Waals surface area contributed by atoms with Crippen LogP contribution in [-0.2, 0) is 0 Å². The molecular weight excluding hydrogens is 234 g/mol. The fraction of sp³-hybridized carbons (Fsp3) is 0.647. The molecule has 0 aromatic heterocycles. The Labute approximate surface area is 117 Å². The Hall–Kier alpha value is -1.02. The number of rotatable bonds is 4. The fourth-order valence-electron chi connectivity index (χ4n) is 3.17. The average Bonchev–Trinajstić information content (AvgIpc) is 2.44. The van der Waals surface area contributed by atoms with Crippen LogP contribution < -0.4 is 0 Å². The van der Waals surface area contributed by atoms with E-state index in [1.54, 1.807) is 6.07 Å². The number of benzene rings is 1.